The average Bonchev–Trinajstić information content (AvgIpc) is 2.42. The number of hydrogen-bond donors (Lipinski definition) is 1. The summed E-state index contributed by atoms with van der Waals surface area (Å²) in [6.07, 6.45) is 1.29. The van der Waals surface area contributed by atoms with Crippen molar-refractivity contribution in [2.75, 3.05) is 13.7 Å². The zero-order valence-electron chi connectivity index (χ0n) is 10.8. The van der Waals surface area contributed by atoms with Crippen molar-refractivity contribution in [3.8, 4) is 11.8 Å². The third-order valence-corrected chi connectivity index (χ3v) is 2.88. The minimum absolute atomic E-state index is 0.0673. The molecule has 0 saturated carbocycles. The zero-order chi connectivity index (χ0) is 13.4. The van der Waals surface area contributed by atoms with Crippen molar-refractivity contribution in [1.29, 1.82) is 5.26 Å². The first-order valence-electron chi connectivity index (χ1n) is 5.98. The first-order valence-corrected chi connectivity index (χ1v) is 5.98. The molecule has 0 saturated heterocycles. The van der Waals surface area contributed by atoms with Crippen molar-refractivity contribution in [3.05, 3.63) is 29.8 Å². The number of benzene rings is 1. The smallest absolute Gasteiger partial charge is 0.221 e. The van der Waals surface area contributed by atoms with E-state index < -0.39 is 0 Å². The van der Waals surface area contributed by atoms with E-state index in [1.165, 1.54) is 0 Å². The summed E-state index contributed by atoms with van der Waals surface area (Å²) < 4.78 is 5.10. The lowest BCUT2D eigenvalue weighted by Crippen LogP contribution is -2.25. The van der Waals surface area contributed by atoms with Gasteiger partial charge in [0, 0.05) is 6.42 Å². The summed E-state index contributed by atoms with van der Waals surface area (Å²) in [5, 5.41) is 11.0. The van der Waals surface area contributed by atoms with Gasteiger partial charge in [0.15, 0.2) is 0 Å². The van der Waals surface area contributed by atoms with Gasteiger partial charge in [-0.05, 0) is 30.0 Å². The highest BCUT2D eigenvalue weighted by molar-refractivity contribution is 5.77. The first kappa shape index (κ1) is 14.0. The number of nitriles is 1. The summed E-state index contributed by atoms with van der Waals surface area (Å²) in [7, 11) is 1.63. The molecule has 0 spiro atoms. The lowest BCUT2D eigenvalue weighted by atomic mass is 9.93. The number of ether oxygens (including phenoxy) is 1. The van der Waals surface area contributed by atoms with Gasteiger partial charge in [0.05, 0.1) is 13.2 Å². The molecule has 18 heavy (non-hydrogen) atoms. The Morgan fingerprint density at radius 3 is 2.61 bits per heavy atom. The van der Waals surface area contributed by atoms with Crippen molar-refractivity contribution >= 4 is 5.91 Å². The van der Waals surface area contributed by atoms with E-state index >= 15 is 0 Å². The molecule has 0 fully saturated rings. The molecule has 0 bridgehead atoms. The Bertz CT molecular complexity index is 420. The molecule has 1 N–H and O–H groups in total. The van der Waals surface area contributed by atoms with Crippen LogP contribution in [0.2, 0.25) is 0 Å². The van der Waals surface area contributed by atoms with Crippen LogP contribution in [0.5, 0.6) is 5.75 Å². The highest BCUT2D eigenvalue weighted by atomic mass is 16.5. The van der Waals surface area contributed by atoms with Crippen LogP contribution in [-0.2, 0) is 4.79 Å². The lowest BCUT2D eigenvalue weighted by molar-refractivity contribution is -0.121. The molecule has 4 nitrogen and oxygen atoms in total. The maximum atomic E-state index is 11.6. The van der Waals surface area contributed by atoms with Gasteiger partial charge in [0.2, 0.25) is 5.91 Å². The van der Waals surface area contributed by atoms with Crippen molar-refractivity contribution in [1.82, 2.24) is 5.32 Å². The SMILES string of the molecule is CCC(CC(=O)NCC#N)c1ccc(OC)cc1. The molecular weight excluding hydrogens is 228 g/mol. The molecule has 1 aromatic rings. The second kappa shape index (κ2) is 7.33. The Labute approximate surface area is 108 Å². The van der Waals surface area contributed by atoms with Crippen molar-refractivity contribution in [2.45, 2.75) is 25.7 Å². The van der Waals surface area contributed by atoms with E-state index in [9.17, 15) is 4.79 Å². The molecule has 0 aromatic heterocycles. The molecule has 1 amide bonds. The molecular formula is C14H18N2O2. The molecule has 1 rings (SSSR count). The molecule has 0 radical (unpaired) electrons. The van der Waals surface area contributed by atoms with Gasteiger partial charge in [0.1, 0.15) is 12.3 Å². The maximum absolute atomic E-state index is 11.6. The normalized spacial score (nSPS) is 11.4. The molecule has 0 aliphatic heterocycles. The fourth-order valence-corrected chi connectivity index (χ4v) is 1.81. The molecule has 96 valence electrons. The van der Waals surface area contributed by atoms with Crippen LogP contribution < -0.4 is 10.1 Å². The van der Waals surface area contributed by atoms with Gasteiger partial charge in [-0.2, -0.15) is 5.26 Å². The van der Waals surface area contributed by atoms with E-state index in [4.69, 9.17) is 10.00 Å². The van der Waals surface area contributed by atoms with E-state index in [1.54, 1.807) is 7.11 Å². The largest absolute Gasteiger partial charge is 0.497 e. The van der Waals surface area contributed by atoms with Crippen LogP contribution in [0.4, 0.5) is 0 Å². The summed E-state index contributed by atoms with van der Waals surface area (Å²) >= 11 is 0. The minimum atomic E-state index is -0.0841. The first-order chi connectivity index (χ1) is 8.71. The van der Waals surface area contributed by atoms with Crippen LogP contribution in [0, 0.1) is 11.3 Å². The van der Waals surface area contributed by atoms with Crippen LogP contribution in [0.15, 0.2) is 24.3 Å². The number of rotatable bonds is 6. The summed E-state index contributed by atoms with van der Waals surface area (Å²) in [6, 6.07) is 9.64. The van der Waals surface area contributed by atoms with Gasteiger partial charge >= 0.3 is 0 Å². The third-order valence-electron chi connectivity index (χ3n) is 2.88. The fraction of sp³-hybridized carbons (Fsp3) is 0.429. The molecule has 0 aliphatic rings. The number of methoxy groups -OCH3 is 1. The van der Waals surface area contributed by atoms with Gasteiger partial charge in [-0.15, -0.1) is 0 Å². The molecule has 0 heterocycles. The van der Waals surface area contributed by atoms with Crippen LogP contribution in [0.3, 0.4) is 0 Å². The predicted octanol–water partition coefficient (Wildman–Crippen LogP) is 2.22. The van der Waals surface area contributed by atoms with E-state index in [0.29, 0.717) is 6.42 Å². The summed E-state index contributed by atoms with van der Waals surface area (Å²) in [5.41, 5.74) is 1.12. The lowest BCUT2D eigenvalue weighted by Gasteiger charge is -2.15. The number of nitrogens with zero attached hydrogens (tertiary/aromatic N) is 1. The van der Waals surface area contributed by atoms with Gasteiger partial charge in [-0.3, -0.25) is 4.79 Å². The van der Waals surface area contributed by atoms with E-state index in [-0.39, 0.29) is 18.4 Å². The van der Waals surface area contributed by atoms with E-state index in [2.05, 4.69) is 5.32 Å². The highest BCUT2D eigenvalue weighted by Crippen LogP contribution is 2.25. The average molecular weight is 246 g/mol. The summed E-state index contributed by atoms with van der Waals surface area (Å²) in [6.45, 7) is 2.12. The summed E-state index contributed by atoms with van der Waals surface area (Å²) in [5.74, 6) is 0.899. The number of nitrogens with one attached hydrogen (secondary N) is 1. The third kappa shape index (κ3) is 4.10. The monoisotopic (exact) mass is 246 g/mol. The second-order valence-corrected chi connectivity index (χ2v) is 4.02. The van der Waals surface area contributed by atoms with E-state index in [1.807, 2.05) is 37.3 Å². The zero-order valence-corrected chi connectivity index (χ0v) is 10.8. The van der Waals surface area contributed by atoms with Crippen molar-refractivity contribution < 1.29 is 9.53 Å². The van der Waals surface area contributed by atoms with Crippen LogP contribution in [-0.4, -0.2) is 19.6 Å². The Balaban J connectivity index is 2.64. The maximum Gasteiger partial charge on any atom is 0.221 e. The minimum Gasteiger partial charge on any atom is -0.497 e. The summed E-state index contributed by atoms with van der Waals surface area (Å²) in [4.78, 5) is 11.6. The Hall–Kier alpha value is -2.02. The number of carbonyl (C=O) groups is 1. The van der Waals surface area contributed by atoms with Gasteiger partial charge in [0.25, 0.3) is 0 Å². The number of amides is 1. The standard InChI is InChI=1S/C14H18N2O2/c1-3-11(10-14(17)16-9-8-15)12-4-6-13(18-2)7-5-12/h4-7,11H,3,9-10H2,1-2H3,(H,16,17). The second-order valence-electron chi connectivity index (χ2n) is 4.02. The molecule has 1 unspecified atom stereocenters. The van der Waals surface area contributed by atoms with Crippen molar-refractivity contribution in [3.63, 3.8) is 0 Å². The number of carbonyl (C=O) groups excluding carboxylic acids is 1. The van der Waals surface area contributed by atoms with Crippen LogP contribution >= 0.6 is 0 Å². The van der Waals surface area contributed by atoms with Crippen LogP contribution in [0.1, 0.15) is 31.2 Å². The van der Waals surface area contributed by atoms with Gasteiger partial charge < -0.3 is 10.1 Å². The highest BCUT2D eigenvalue weighted by Gasteiger charge is 2.14. The predicted molar refractivity (Wildman–Crippen MR) is 69.3 cm³/mol. The van der Waals surface area contributed by atoms with Gasteiger partial charge in [-0.25, -0.2) is 0 Å². The number of hydrogen-bond acceptors (Lipinski definition) is 3. The molecule has 1 atom stereocenters. The fourth-order valence-electron chi connectivity index (χ4n) is 1.81. The topological polar surface area (TPSA) is 62.1 Å². The molecule has 1 aromatic carbocycles. The Kier molecular flexibility index (Phi) is 5.72. The van der Waals surface area contributed by atoms with E-state index in [0.717, 1.165) is 17.7 Å². The molecule has 0 aliphatic carbocycles. The molecule has 4 heteroatoms. The quantitative estimate of drug-likeness (QED) is 0.783. The Morgan fingerprint density at radius 1 is 1.44 bits per heavy atom. The van der Waals surface area contributed by atoms with Gasteiger partial charge in [-0.1, -0.05) is 19.1 Å². The Morgan fingerprint density at radius 2 is 2.11 bits per heavy atom. The van der Waals surface area contributed by atoms with Crippen LogP contribution in [0.25, 0.3) is 0 Å². The van der Waals surface area contributed by atoms with Crippen molar-refractivity contribution in [2.24, 2.45) is 0 Å².